The maximum Gasteiger partial charge on any atom is 0.407 e. The number of unbranched alkanes of at least 4 members (excludes halogenated alkanes) is 1. The van der Waals surface area contributed by atoms with Crippen LogP contribution in [0, 0.1) is 11.8 Å². The Bertz CT molecular complexity index is 1080. The van der Waals surface area contributed by atoms with Gasteiger partial charge in [0.25, 0.3) is 0 Å². The van der Waals surface area contributed by atoms with Crippen molar-refractivity contribution in [3.05, 3.63) is 12.2 Å². The Morgan fingerprint density at radius 1 is 0.867 bits per heavy atom. The zero-order valence-corrected chi connectivity index (χ0v) is 26.1. The number of nitrogens with zero attached hydrogens (tertiary/aromatic N) is 1. The van der Waals surface area contributed by atoms with Gasteiger partial charge in [-0.05, 0) is 12.8 Å². The molecule has 7 unspecified atom stereocenters. The average Bonchev–Trinajstić information content (AvgIpc) is 3.84. The van der Waals surface area contributed by atoms with E-state index in [0.717, 1.165) is 25.0 Å². The van der Waals surface area contributed by atoms with Crippen LogP contribution in [0.2, 0.25) is 0 Å². The summed E-state index contributed by atoms with van der Waals surface area (Å²) >= 11 is 1.88. The van der Waals surface area contributed by atoms with Crippen molar-refractivity contribution in [3.8, 4) is 0 Å². The Morgan fingerprint density at radius 3 is 2.27 bits per heavy atom. The van der Waals surface area contributed by atoms with Crippen molar-refractivity contribution in [1.29, 1.82) is 0 Å². The number of imide groups is 1. The fourth-order valence-corrected chi connectivity index (χ4v) is 7.80. The van der Waals surface area contributed by atoms with Gasteiger partial charge in [-0.15, -0.1) is 0 Å². The summed E-state index contributed by atoms with van der Waals surface area (Å²) in [5, 5.41) is 11.8. The minimum absolute atomic E-state index is 0.00409. The van der Waals surface area contributed by atoms with E-state index in [1.807, 2.05) is 23.9 Å². The zero-order valence-electron chi connectivity index (χ0n) is 25.2. The Hall–Kier alpha value is -2.92. The van der Waals surface area contributed by atoms with E-state index >= 15 is 0 Å². The number of fused-ring (bicyclic) bond motifs is 6. The van der Waals surface area contributed by atoms with Gasteiger partial charge in [-0.25, -0.2) is 9.59 Å². The molecule has 5 aliphatic rings. The van der Waals surface area contributed by atoms with Crippen LogP contribution in [0.5, 0.6) is 0 Å². The molecule has 5 rings (SSSR count). The van der Waals surface area contributed by atoms with Gasteiger partial charge in [-0.3, -0.25) is 19.3 Å². The number of nitrogens with one attached hydrogen (secondary N) is 4. The zero-order chi connectivity index (χ0) is 31.6. The Balaban J connectivity index is 0.757. The number of urea groups is 1. The topological polar surface area (TPSA) is 183 Å². The summed E-state index contributed by atoms with van der Waals surface area (Å²) in [6.07, 6.45) is 5.70. The van der Waals surface area contributed by atoms with Crippen molar-refractivity contribution in [1.82, 2.24) is 26.2 Å². The fraction of sp³-hybridized carbons (Fsp3) is 0.759. The summed E-state index contributed by atoms with van der Waals surface area (Å²) in [5.41, 5.74) is 0. The summed E-state index contributed by atoms with van der Waals surface area (Å²) in [6, 6.07) is 0.354. The number of likely N-dealkylation sites (tertiary alicyclic amines) is 1. The van der Waals surface area contributed by atoms with Gasteiger partial charge in [0.15, 0.2) is 0 Å². The molecule has 16 heteroatoms. The summed E-state index contributed by atoms with van der Waals surface area (Å²) in [6.45, 7) is 2.59. The molecular weight excluding hydrogens is 610 g/mol. The quantitative estimate of drug-likeness (QED) is 0.0578. The number of amides is 6. The van der Waals surface area contributed by atoms with Crippen molar-refractivity contribution in [2.24, 2.45) is 11.8 Å². The summed E-state index contributed by atoms with van der Waals surface area (Å²) in [5.74, 6) is -0.324. The highest BCUT2D eigenvalue weighted by molar-refractivity contribution is 8.00. The first-order valence-electron chi connectivity index (χ1n) is 15.7. The van der Waals surface area contributed by atoms with Crippen molar-refractivity contribution in [2.75, 3.05) is 71.6 Å². The Morgan fingerprint density at radius 2 is 1.53 bits per heavy atom. The normalized spacial score (nSPS) is 29.1. The maximum absolute atomic E-state index is 12.6. The van der Waals surface area contributed by atoms with Crippen molar-refractivity contribution in [2.45, 2.75) is 55.2 Å². The van der Waals surface area contributed by atoms with Gasteiger partial charge in [0, 0.05) is 30.5 Å². The molecule has 0 saturated carbocycles. The number of hydrogen-bond acceptors (Lipinski definition) is 11. The Kier molecular flexibility index (Phi) is 12.3. The van der Waals surface area contributed by atoms with E-state index < -0.39 is 17.9 Å². The van der Waals surface area contributed by atoms with E-state index in [1.54, 1.807) is 0 Å². The third-order valence-corrected chi connectivity index (χ3v) is 9.97. The van der Waals surface area contributed by atoms with Crippen molar-refractivity contribution in [3.63, 3.8) is 0 Å². The molecule has 45 heavy (non-hydrogen) atoms. The molecule has 5 heterocycles. The molecule has 0 spiro atoms. The minimum atomic E-state index is -0.597. The first kappa shape index (κ1) is 33.4. The number of rotatable bonds is 20. The smallest absolute Gasteiger partial charge is 0.407 e. The second kappa shape index (κ2) is 16.6. The molecule has 250 valence electrons. The van der Waals surface area contributed by atoms with Gasteiger partial charge in [-0.2, -0.15) is 11.8 Å². The lowest BCUT2D eigenvalue weighted by molar-refractivity contribution is -0.143. The van der Waals surface area contributed by atoms with Crippen LogP contribution in [0.25, 0.3) is 0 Å². The molecule has 0 aromatic rings. The highest BCUT2D eigenvalue weighted by Gasteiger charge is 2.60. The predicted octanol–water partition coefficient (Wildman–Crippen LogP) is -0.457. The van der Waals surface area contributed by atoms with E-state index in [4.69, 9.17) is 23.7 Å². The summed E-state index contributed by atoms with van der Waals surface area (Å²) in [7, 11) is 0. The van der Waals surface area contributed by atoms with E-state index in [-0.39, 0.29) is 87.6 Å². The van der Waals surface area contributed by atoms with Crippen LogP contribution in [-0.2, 0) is 38.1 Å². The third-order valence-electron chi connectivity index (χ3n) is 8.46. The number of thioether (sulfide) groups is 1. The van der Waals surface area contributed by atoms with E-state index in [2.05, 4.69) is 21.3 Å². The van der Waals surface area contributed by atoms with Gasteiger partial charge in [0.05, 0.1) is 82.3 Å². The average molecular weight is 654 g/mol. The van der Waals surface area contributed by atoms with E-state index in [0.29, 0.717) is 38.0 Å². The van der Waals surface area contributed by atoms with E-state index in [1.165, 1.54) is 4.90 Å². The van der Waals surface area contributed by atoms with Crippen LogP contribution in [0.1, 0.15) is 25.7 Å². The highest BCUT2D eigenvalue weighted by atomic mass is 32.2. The second-order valence-electron chi connectivity index (χ2n) is 11.4. The number of carbonyl (C=O) groups excluding carboxylic acids is 5. The standard InChI is InChI=1S/C29H43N5O10S/c35-22(4-2-1-3-21-25-18(17-45-21)32-28(38)33-25)30-7-10-40-13-14-41-11-8-31-29(39)43-16-15-42-12-9-34-26(36)23-19-5-6-20(44-19)24(23)27(34)37/h5-6,18-21,23-25H,1-4,7-17H2,(H,30,35)(H,31,39)(H2,32,33,38). The minimum Gasteiger partial charge on any atom is -0.447 e. The van der Waals surface area contributed by atoms with Gasteiger partial charge >= 0.3 is 12.1 Å². The van der Waals surface area contributed by atoms with E-state index in [9.17, 15) is 24.0 Å². The molecule has 4 fully saturated rings. The monoisotopic (exact) mass is 653 g/mol. The van der Waals surface area contributed by atoms with Crippen LogP contribution in [0.4, 0.5) is 9.59 Å². The van der Waals surface area contributed by atoms with Crippen molar-refractivity contribution < 1.29 is 47.7 Å². The maximum atomic E-state index is 12.6. The molecule has 5 aliphatic heterocycles. The number of hydrogen-bond donors (Lipinski definition) is 4. The third kappa shape index (κ3) is 8.87. The van der Waals surface area contributed by atoms with Gasteiger partial charge in [-0.1, -0.05) is 18.6 Å². The molecule has 0 aromatic carbocycles. The van der Waals surface area contributed by atoms with Crippen LogP contribution in [0.3, 0.4) is 0 Å². The van der Waals surface area contributed by atoms with Crippen LogP contribution in [-0.4, -0.2) is 136 Å². The molecule has 4 N–H and O–H groups in total. The summed E-state index contributed by atoms with van der Waals surface area (Å²) < 4.78 is 26.9. The van der Waals surface area contributed by atoms with Crippen LogP contribution in [0.15, 0.2) is 12.2 Å². The first-order valence-corrected chi connectivity index (χ1v) is 16.8. The molecule has 15 nitrogen and oxygen atoms in total. The Labute approximate surface area is 266 Å². The SMILES string of the molecule is O=C(CCCCC1SCC2NC(=O)NC21)NCCOCCOCCNC(=O)OCCOCCN1C(=O)C2C3C=CC(O3)C2C1=O. The van der Waals surface area contributed by atoms with Crippen LogP contribution < -0.4 is 21.3 Å². The van der Waals surface area contributed by atoms with Gasteiger partial charge in [0.1, 0.15) is 6.61 Å². The van der Waals surface area contributed by atoms with Gasteiger partial charge in [0.2, 0.25) is 17.7 Å². The van der Waals surface area contributed by atoms with Crippen LogP contribution >= 0.6 is 11.8 Å². The number of carbonyl (C=O) groups is 5. The second-order valence-corrected chi connectivity index (χ2v) is 12.7. The lowest BCUT2D eigenvalue weighted by Gasteiger charge is -2.17. The van der Waals surface area contributed by atoms with Crippen molar-refractivity contribution >= 4 is 41.6 Å². The lowest BCUT2D eigenvalue weighted by atomic mass is 9.85. The molecule has 2 bridgehead atoms. The predicted molar refractivity (Wildman–Crippen MR) is 160 cm³/mol. The first-order chi connectivity index (χ1) is 21.9. The molecule has 6 amide bonds. The molecule has 7 atom stereocenters. The molecule has 0 aromatic heterocycles. The molecule has 0 radical (unpaired) electrons. The molecule has 4 saturated heterocycles. The summed E-state index contributed by atoms with van der Waals surface area (Å²) in [4.78, 5) is 61.6. The largest absolute Gasteiger partial charge is 0.447 e. The lowest BCUT2D eigenvalue weighted by Crippen LogP contribution is -2.37. The highest BCUT2D eigenvalue weighted by Crippen LogP contribution is 2.44. The number of ether oxygens (including phenoxy) is 5. The van der Waals surface area contributed by atoms with Gasteiger partial charge < -0.3 is 45.0 Å². The number of alkyl carbamates (subject to hydrolysis) is 1. The molecular formula is C29H43N5O10S. The fourth-order valence-electron chi connectivity index (χ4n) is 6.26. The molecule has 0 aliphatic carbocycles.